The van der Waals surface area contributed by atoms with Crippen LogP contribution in [0.15, 0.2) is 437 Å². The Kier molecular flexibility index (Phi) is 19.6. The molecular formula is C110H84B2N4O4. The summed E-state index contributed by atoms with van der Waals surface area (Å²) in [5.74, 6) is 3.13. The molecule has 18 aromatic rings. The number of para-hydroxylation sites is 4. The summed E-state index contributed by atoms with van der Waals surface area (Å²) in [5, 5.41) is 4.38. The van der Waals surface area contributed by atoms with E-state index in [1.165, 1.54) is 55.1 Å². The van der Waals surface area contributed by atoms with Crippen molar-refractivity contribution in [3.05, 3.63) is 437 Å². The van der Waals surface area contributed by atoms with Gasteiger partial charge in [-0.05, 0) is 221 Å². The van der Waals surface area contributed by atoms with Crippen molar-refractivity contribution in [1.29, 1.82) is 0 Å². The fourth-order valence-electron chi connectivity index (χ4n) is 17.4. The molecule has 18 aromatic carbocycles. The first-order valence-corrected chi connectivity index (χ1v) is 41.2. The van der Waals surface area contributed by atoms with Crippen LogP contribution in [0.25, 0.3) is 66.1 Å². The zero-order valence-corrected chi connectivity index (χ0v) is 67.1. The lowest BCUT2D eigenvalue weighted by molar-refractivity contribution is 0.00578. The van der Waals surface area contributed by atoms with Gasteiger partial charge >= 0.3 is 7.12 Å². The summed E-state index contributed by atoms with van der Waals surface area (Å²) in [6, 6.07) is 155. The van der Waals surface area contributed by atoms with E-state index in [-0.39, 0.29) is 6.71 Å². The first-order valence-electron chi connectivity index (χ1n) is 41.2. The van der Waals surface area contributed by atoms with E-state index in [0.29, 0.717) is 5.75 Å². The summed E-state index contributed by atoms with van der Waals surface area (Å²) >= 11 is 0. The zero-order chi connectivity index (χ0) is 80.7. The van der Waals surface area contributed by atoms with Gasteiger partial charge in [0.05, 0.1) is 22.6 Å². The van der Waals surface area contributed by atoms with Crippen LogP contribution in [0, 0.1) is 0 Å². The molecule has 1 saturated heterocycles. The Balaban J connectivity index is 0.000000155. The maximum Gasteiger partial charge on any atom is 0.500 e. The monoisotopic (exact) mass is 1550 g/mol. The third-order valence-electron chi connectivity index (χ3n) is 23.9. The molecule has 120 heavy (non-hydrogen) atoms. The number of benzene rings is 18. The number of anilines is 12. The van der Waals surface area contributed by atoms with Crippen LogP contribution in [-0.4, -0.2) is 25.0 Å². The summed E-state index contributed by atoms with van der Waals surface area (Å²) < 4.78 is 28.3. The third kappa shape index (κ3) is 14.0. The van der Waals surface area contributed by atoms with Gasteiger partial charge in [0, 0.05) is 84.6 Å². The molecule has 0 amide bonds. The number of fused-ring (bicyclic) bond motifs is 7. The Morgan fingerprint density at radius 2 is 0.642 bits per heavy atom. The van der Waals surface area contributed by atoms with E-state index in [9.17, 15) is 0 Å². The summed E-state index contributed by atoms with van der Waals surface area (Å²) in [6.07, 6.45) is 0. The summed E-state index contributed by atoms with van der Waals surface area (Å²) in [4.78, 5) is 9.36. The predicted molar refractivity (Wildman–Crippen MR) is 502 cm³/mol. The quantitative estimate of drug-likeness (QED) is 0.0836. The standard InChI is InChI=1S/C58H49BN2O3.C52H35BN2O/c1-57(2)58(3,4)64-59(63-57)56-53(61(48-36-32-44(33-37-48)42-20-9-5-10-21-42)49-38-34-45(35-39-49)43-22-11-6-12-23-43)30-19-31-55(56)62-54-41-40-52(50-28-17-18-29-51(50)54)60(46-24-13-7-14-25-46)47-26-15-8-16-27-47;1-5-16-36(17-6-1)38-28-31-42(32-29-38)55-46-33-30-39(37-18-7-2-8-19-37)34-45(46)53-51-44-25-14-13-24-43(44)48(35-50(51)56-49-27-15-26-47(55)52(49)53)54(40-20-9-3-10-21-40)41-22-11-4-12-23-41/h5-41H,1-4H3;1-35H. The van der Waals surface area contributed by atoms with Gasteiger partial charge in [-0.15, -0.1) is 0 Å². The average molecular weight is 1550 g/mol. The summed E-state index contributed by atoms with van der Waals surface area (Å²) in [6.45, 7) is 8.31. The highest BCUT2D eigenvalue weighted by molar-refractivity contribution is 7.00. The van der Waals surface area contributed by atoms with Gasteiger partial charge in [0.25, 0.3) is 6.71 Å². The topological polar surface area (TPSA) is 49.9 Å². The maximum atomic E-state index is 7.23. The molecule has 0 saturated carbocycles. The van der Waals surface area contributed by atoms with Crippen LogP contribution < -0.4 is 50.9 Å². The number of rotatable bonds is 17. The molecule has 0 radical (unpaired) electrons. The van der Waals surface area contributed by atoms with Crippen LogP contribution in [0.2, 0.25) is 0 Å². The minimum absolute atomic E-state index is 0.0655. The van der Waals surface area contributed by atoms with Crippen molar-refractivity contribution in [2.24, 2.45) is 0 Å². The lowest BCUT2D eigenvalue weighted by Gasteiger charge is -2.41. The molecule has 0 bridgehead atoms. The minimum atomic E-state index is -0.747. The lowest BCUT2D eigenvalue weighted by atomic mass is 9.33. The molecule has 574 valence electrons. The molecule has 0 atom stereocenters. The fraction of sp³-hybridized carbons (Fsp3) is 0.0545. The van der Waals surface area contributed by atoms with Crippen molar-refractivity contribution in [2.75, 3.05) is 19.6 Å². The summed E-state index contributed by atoms with van der Waals surface area (Å²) in [7, 11) is -0.747. The van der Waals surface area contributed by atoms with Crippen molar-refractivity contribution >= 4 is 125 Å². The van der Waals surface area contributed by atoms with Gasteiger partial charge in [0.2, 0.25) is 0 Å². The van der Waals surface area contributed by atoms with Gasteiger partial charge in [-0.3, -0.25) is 0 Å². The molecule has 0 aromatic heterocycles. The second-order valence-electron chi connectivity index (χ2n) is 31.6. The number of nitrogens with zero attached hydrogens (tertiary/aromatic N) is 4. The molecule has 0 aliphatic carbocycles. The van der Waals surface area contributed by atoms with Gasteiger partial charge in [-0.1, -0.05) is 303 Å². The van der Waals surface area contributed by atoms with E-state index < -0.39 is 18.3 Å². The lowest BCUT2D eigenvalue weighted by Crippen LogP contribution is -2.59. The highest BCUT2D eigenvalue weighted by Crippen LogP contribution is 2.50. The predicted octanol–water partition coefficient (Wildman–Crippen LogP) is 27.3. The van der Waals surface area contributed by atoms with E-state index in [0.717, 1.165) is 118 Å². The van der Waals surface area contributed by atoms with Crippen molar-refractivity contribution in [3.63, 3.8) is 0 Å². The van der Waals surface area contributed by atoms with Crippen LogP contribution in [0.3, 0.4) is 0 Å². The number of ether oxygens (including phenoxy) is 2. The first kappa shape index (κ1) is 74.2. The van der Waals surface area contributed by atoms with Crippen LogP contribution in [-0.2, 0) is 9.31 Å². The second kappa shape index (κ2) is 31.7. The highest BCUT2D eigenvalue weighted by atomic mass is 16.7. The minimum Gasteiger partial charge on any atom is -0.458 e. The van der Waals surface area contributed by atoms with E-state index in [4.69, 9.17) is 18.8 Å². The molecule has 3 aliphatic heterocycles. The van der Waals surface area contributed by atoms with Crippen LogP contribution >= 0.6 is 0 Å². The van der Waals surface area contributed by atoms with Crippen LogP contribution in [0.4, 0.5) is 68.2 Å². The Labute approximate surface area is 702 Å². The van der Waals surface area contributed by atoms with Gasteiger partial charge in [0.15, 0.2) is 0 Å². The molecule has 3 heterocycles. The summed E-state index contributed by atoms with van der Waals surface area (Å²) in [5.41, 5.74) is 25.3. The number of hydrogen-bond acceptors (Lipinski definition) is 8. The van der Waals surface area contributed by atoms with Gasteiger partial charge in [-0.25, -0.2) is 0 Å². The molecule has 0 unspecified atom stereocenters. The second-order valence-corrected chi connectivity index (χ2v) is 31.6. The maximum absolute atomic E-state index is 7.23. The highest BCUT2D eigenvalue weighted by Gasteiger charge is 2.54. The molecule has 8 nitrogen and oxygen atoms in total. The van der Waals surface area contributed by atoms with Crippen LogP contribution in [0.5, 0.6) is 23.0 Å². The molecule has 0 spiro atoms. The van der Waals surface area contributed by atoms with E-state index in [1.54, 1.807) is 0 Å². The Morgan fingerprint density at radius 3 is 1.13 bits per heavy atom. The van der Waals surface area contributed by atoms with Gasteiger partial charge in [0.1, 0.15) is 23.0 Å². The number of hydrogen-bond donors (Lipinski definition) is 0. The van der Waals surface area contributed by atoms with Crippen molar-refractivity contribution in [1.82, 2.24) is 0 Å². The molecule has 21 rings (SSSR count). The van der Waals surface area contributed by atoms with Crippen molar-refractivity contribution in [2.45, 2.75) is 38.9 Å². The third-order valence-corrected chi connectivity index (χ3v) is 23.9. The largest absolute Gasteiger partial charge is 0.500 e. The Bertz CT molecular complexity index is 6540. The zero-order valence-electron chi connectivity index (χ0n) is 67.1. The molecular weight excluding hydrogens is 1460 g/mol. The SMILES string of the molecule is CC1(C)OB(c2c(Oc3ccc(N(c4ccccc4)c4ccccc4)c4ccccc34)cccc2N(c2ccc(-c3ccccc3)cc2)c2ccc(-c3ccccc3)cc2)OC1(C)C.c1ccc(-c2ccc(N3c4ccc(-c5ccccc5)cc4B4c5c(cccc53)Oc3cc(N(c5ccccc5)c5ccccc5)c5ccccc5c34)cc2)cc1. The Hall–Kier alpha value is -14.7. The van der Waals surface area contributed by atoms with Gasteiger partial charge < -0.3 is 38.4 Å². The van der Waals surface area contributed by atoms with E-state index in [1.807, 2.05) is 30.3 Å². The normalized spacial score (nSPS) is 13.2. The first-order chi connectivity index (χ1) is 59.0. The fourth-order valence-corrected chi connectivity index (χ4v) is 17.4. The van der Waals surface area contributed by atoms with Crippen molar-refractivity contribution < 1.29 is 18.8 Å². The van der Waals surface area contributed by atoms with Crippen molar-refractivity contribution in [3.8, 4) is 67.5 Å². The molecule has 10 heteroatoms. The van der Waals surface area contributed by atoms with Gasteiger partial charge in [-0.2, -0.15) is 0 Å². The molecule has 1 fully saturated rings. The molecule has 0 N–H and O–H groups in total. The van der Waals surface area contributed by atoms with E-state index in [2.05, 4.69) is 454 Å². The Morgan fingerprint density at radius 1 is 0.258 bits per heavy atom. The van der Waals surface area contributed by atoms with E-state index >= 15 is 0 Å². The smallest absolute Gasteiger partial charge is 0.458 e. The molecule has 3 aliphatic rings. The van der Waals surface area contributed by atoms with Crippen LogP contribution in [0.1, 0.15) is 27.7 Å². The average Bonchev–Trinajstić information content (AvgIpc) is 0.856.